The van der Waals surface area contributed by atoms with Crippen LogP contribution in [0.2, 0.25) is 0 Å². The van der Waals surface area contributed by atoms with Crippen LogP contribution >= 0.6 is 0 Å². The van der Waals surface area contributed by atoms with Gasteiger partial charge in [-0.1, -0.05) is 176 Å². The summed E-state index contributed by atoms with van der Waals surface area (Å²) in [4.78, 5) is 12.8. The van der Waals surface area contributed by atoms with Gasteiger partial charge < -0.3 is 39.4 Å². The van der Waals surface area contributed by atoms with Crippen LogP contribution in [0, 0.1) is 0 Å². The molecule has 0 radical (unpaired) electrons. The zero-order valence-electron chi connectivity index (χ0n) is 39.8. The van der Waals surface area contributed by atoms with Crippen LogP contribution < -0.4 is 0 Å². The molecule has 1 fully saturated rings. The first-order valence-electron chi connectivity index (χ1n) is 25.2. The van der Waals surface area contributed by atoms with Gasteiger partial charge in [0.15, 0.2) is 6.29 Å². The van der Waals surface area contributed by atoms with Crippen LogP contribution in [0.4, 0.5) is 0 Å². The fraction of sp³-hybridized carbons (Fsp3) is 0.722. The van der Waals surface area contributed by atoms with Gasteiger partial charge in [-0.15, -0.1) is 0 Å². The molecule has 0 saturated carbocycles. The van der Waals surface area contributed by atoms with E-state index in [-0.39, 0.29) is 19.2 Å². The maximum absolute atomic E-state index is 12.8. The summed E-state index contributed by atoms with van der Waals surface area (Å²) in [6.45, 7) is 4.38. The molecule has 0 aromatic carbocycles. The highest BCUT2D eigenvalue weighted by Gasteiger charge is 2.44. The highest BCUT2D eigenvalue weighted by atomic mass is 16.7. The van der Waals surface area contributed by atoms with Gasteiger partial charge in [-0.25, -0.2) is 0 Å². The van der Waals surface area contributed by atoms with Crippen LogP contribution in [-0.2, 0) is 23.7 Å². The minimum absolute atomic E-state index is 0.126. The number of allylic oxidation sites excluding steroid dienone is 14. The molecule has 0 aromatic rings. The lowest BCUT2D eigenvalue weighted by Crippen LogP contribution is -2.59. The third kappa shape index (κ3) is 35.3. The molecule has 6 atom stereocenters. The quantitative estimate of drug-likeness (QED) is 0.0268. The lowest BCUT2D eigenvalue weighted by atomic mass is 9.99. The molecule has 1 rings (SSSR count). The van der Waals surface area contributed by atoms with Gasteiger partial charge in [0.2, 0.25) is 0 Å². The molecular formula is C54H92O9. The summed E-state index contributed by atoms with van der Waals surface area (Å²) in [6.07, 6.45) is 53.2. The minimum atomic E-state index is -1.55. The van der Waals surface area contributed by atoms with Gasteiger partial charge in [0.25, 0.3) is 0 Å². The van der Waals surface area contributed by atoms with E-state index in [0.29, 0.717) is 13.0 Å². The smallest absolute Gasteiger partial charge is 0.306 e. The number of hydrogen-bond acceptors (Lipinski definition) is 9. The number of ether oxygens (including phenoxy) is 4. The standard InChI is InChI=1S/C54H92O9/c1-3-5-7-9-11-13-15-17-19-21-23-24-25-26-28-30-32-34-36-38-40-42-44-60-46-48(47-61-54-53(59)52(58)51(57)49(45-55)63-54)62-50(56)43-41-39-37-35-33-31-29-27-22-20-18-16-14-12-10-8-6-4-2/h5,7,11,13-14,16-17,19-20,22-24,26,28,48-49,51-55,57-59H,3-4,6,8-10,12,15,18,21,25,27,29-47H2,1-2H3/b7-5-,13-11-,16-14-,19-17-,22-20-,24-23-,28-26-. The number of carbonyl (C=O) groups excluding carboxylic acids is 1. The highest BCUT2D eigenvalue weighted by molar-refractivity contribution is 5.69. The molecule has 1 aliphatic rings. The largest absolute Gasteiger partial charge is 0.457 e. The van der Waals surface area contributed by atoms with Crippen LogP contribution in [0.3, 0.4) is 0 Å². The molecule has 1 aliphatic heterocycles. The van der Waals surface area contributed by atoms with Crippen LogP contribution in [0.25, 0.3) is 0 Å². The summed E-state index contributed by atoms with van der Waals surface area (Å²) < 4.78 is 22.9. The Bertz CT molecular complexity index is 1240. The van der Waals surface area contributed by atoms with Gasteiger partial charge in [0.05, 0.1) is 19.8 Å². The van der Waals surface area contributed by atoms with Crippen molar-refractivity contribution in [1.82, 2.24) is 0 Å². The maximum atomic E-state index is 12.8. The second-order valence-corrected chi connectivity index (χ2v) is 16.9. The van der Waals surface area contributed by atoms with Crippen molar-refractivity contribution < 1.29 is 44.2 Å². The average molecular weight is 885 g/mol. The molecule has 9 heteroatoms. The Hall–Kier alpha value is -2.63. The summed E-state index contributed by atoms with van der Waals surface area (Å²) in [7, 11) is 0. The summed E-state index contributed by atoms with van der Waals surface area (Å²) in [6, 6.07) is 0. The number of esters is 1. The van der Waals surface area contributed by atoms with E-state index in [9.17, 15) is 25.2 Å². The number of carbonyl (C=O) groups is 1. The zero-order valence-corrected chi connectivity index (χ0v) is 39.8. The third-order valence-corrected chi connectivity index (χ3v) is 11.0. The van der Waals surface area contributed by atoms with E-state index < -0.39 is 43.4 Å². The van der Waals surface area contributed by atoms with E-state index in [2.05, 4.69) is 98.9 Å². The van der Waals surface area contributed by atoms with Crippen molar-refractivity contribution >= 4 is 5.97 Å². The second kappa shape index (κ2) is 44.6. The second-order valence-electron chi connectivity index (χ2n) is 16.9. The van der Waals surface area contributed by atoms with Crippen LogP contribution in [0.1, 0.15) is 187 Å². The Kier molecular flexibility index (Phi) is 41.3. The van der Waals surface area contributed by atoms with Gasteiger partial charge in [-0.2, -0.15) is 0 Å². The molecule has 0 bridgehead atoms. The number of aliphatic hydroxyl groups is 4. The highest BCUT2D eigenvalue weighted by Crippen LogP contribution is 2.22. The van der Waals surface area contributed by atoms with E-state index in [1.807, 2.05) is 0 Å². The fourth-order valence-electron chi connectivity index (χ4n) is 7.14. The van der Waals surface area contributed by atoms with Crippen molar-refractivity contribution in [2.75, 3.05) is 26.4 Å². The summed E-state index contributed by atoms with van der Waals surface area (Å²) in [5.41, 5.74) is 0. The molecule has 0 amide bonds. The number of unbranched alkanes of at least 4 members (excludes halogenated alkanes) is 17. The number of hydrogen-bond donors (Lipinski definition) is 4. The molecule has 6 unspecified atom stereocenters. The van der Waals surface area contributed by atoms with Crippen molar-refractivity contribution in [2.24, 2.45) is 0 Å². The Morgan fingerprint density at radius 1 is 0.524 bits per heavy atom. The van der Waals surface area contributed by atoms with E-state index >= 15 is 0 Å². The van der Waals surface area contributed by atoms with E-state index in [1.165, 1.54) is 70.6 Å². The molecule has 4 N–H and O–H groups in total. The predicted molar refractivity (Wildman–Crippen MR) is 260 cm³/mol. The maximum Gasteiger partial charge on any atom is 0.306 e. The fourth-order valence-corrected chi connectivity index (χ4v) is 7.14. The zero-order chi connectivity index (χ0) is 45.7. The van der Waals surface area contributed by atoms with E-state index in [0.717, 1.165) is 96.3 Å². The van der Waals surface area contributed by atoms with Gasteiger partial charge in [-0.05, 0) is 89.9 Å². The molecule has 362 valence electrons. The molecule has 0 aromatic heterocycles. The van der Waals surface area contributed by atoms with Crippen molar-refractivity contribution in [2.45, 2.75) is 224 Å². The van der Waals surface area contributed by atoms with Crippen LogP contribution in [0.15, 0.2) is 85.1 Å². The van der Waals surface area contributed by atoms with Crippen LogP contribution in [-0.4, -0.2) is 89.6 Å². The molecular weight excluding hydrogens is 793 g/mol. The first-order valence-corrected chi connectivity index (χ1v) is 25.2. The number of aliphatic hydroxyl groups excluding tert-OH is 4. The van der Waals surface area contributed by atoms with Crippen molar-refractivity contribution in [3.63, 3.8) is 0 Å². The van der Waals surface area contributed by atoms with Crippen molar-refractivity contribution in [3.05, 3.63) is 85.1 Å². The average Bonchev–Trinajstić information content (AvgIpc) is 3.28. The monoisotopic (exact) mass is 885 g/mol. The van der Waals surface area contributed by atoms with E-state index in [1.54, 1.807) is 0 Å². The van der Waals surface area contributed by atoms with Crippen LogP contribution in [0.5, 0.6) is 0 Å². The summed E-state index contributed by atoms with van der Waals surface area (Å²) >= 11 is 0. The first kappa shape index (κ1) is 58.4. The van der Waals surface area contributed by atoms with Crippen molar-refractivity contribution in [1.29, 1.82) is 0 Å². The summed E-state index contributed by atoms with van der Waals surface area (Å²) in [5, 5.41) is 40.2. The SMILES string of the molecule is CC/C=C\C/C=C\C/C=C\C/C=C\C/C=C\CCCCCCCCOCC(COC1OC(CO)C(O)C(O)C1O)OC(=O)CCCCCCCCC/C=C\C/C=C\CCCCCC. The molecule has 1 saturated heterocycles. The Morgan fingerprint density at radius 2 is 0.968 bits per heavy atom. The minimum Gasteiger partial charge on any atom is -0.457 e. The lowest BCUT2D eigenvalue weighted by molar-refractivity contribution is -0.305. The summed E-state index contributed by atoms with van der Waals surface area (Å²) in [5.74, 6) is -0.330. The Labute approximate surface area is 384 Å². The molecule has 9 nitrogen and oxygen atoms in total. The first-order chi connectivity index (χ1) is 30.9. The molecule has 1 heterocycles. The lowest BCUT2D eigenvalue weighted by Gasteiger charge is -2.39. The Morgan fingerprint density at radius 3 is 1.46 bits per heavy atom. The van der Waals surface area contributed by atoms with E-state index in [4.69, 9.17) is 18.9 Å². The molecule has 63 heavy (non-hydrogen) atoms. The van der Waals surface area contributed by atoms with Gasteiger partial charge >= 0.3 is 5.97 Å². The topological polar surface area (TPSA) is 135 Å². The molecule has 0 spiro atoms. The predicted octanol–water partition coefficient (Wildman–Crippen LogP) is 12.2. The number of rotatable bonds is 42. The van der Waals surface area contributed by atoms with Crippen molar-refractivity contribution in [3.8, 4) is 0 Å². The normalized spacial score (nSPS) is 20.4. The van der Waals surface area contributed by atoms with Gasteiger partial charge in [-0.3, -0.25) is 4.79 Å². The Balaban J connectivity index is 2.25. The third-order valence-electron chi connectivity index (χ3n) is 11.0. The van der Waals surface area contributed by atoms with Gasteiger partial charge in [0, 0.05) is 13.0 Å². The van der Waals surface area contributed by atoms with Gasteiger partial charge in [0.1, 0.15) is 30.5 Å². The molecule has 0 aliphatic carbocycles.